The highest BCUT2D eigenvalue weighted by atomic mass is 16.2. The number of carbonyl (C=O) groups is 2. The van der Waals surface area contributed by atoms with Crippen LogP contribution in [0.15, 0.2) is 24.3 Å². The van der Waals surface area contributed by atoms with Gasteiger partial charge < -0.3 is 10.2 Å². The summed E-state index contributed by atoms with van der Waals surface area (Å²) in [5.41, 5.74) is 2.14. The molecule has 1 aromatic rings. The molecule has 0 saturated carbocycles. The van der Waals surface area contributed by atoms with Crippen LogP contribution in [0.4, 0.5) is 5.69 Å². The Hall–Kier alpha value is -1.84. The van der Waals surface area contributed by atoms with Crippen molar-refractivity contribution >= 4 is 17.5 Å². The van der Waals surface area contributed by atoms with Crippen LogP contribution in [0.3, 0.4) is 0 Å². The fourth-order valence-corrected chi connectivity index (χ4v) is 2.78. The first-order valence-corrected chi connectivity index (χ1v) is 8.32. The van der Waals surface area contributed by atoms with Crippen molar-refractivity contribution in [3.63, 3.8) is 0 Å². The van der Waals surface area contributed by atoms with E-state index in [-0.39, 0.29) is 17.7 Å². The van der Waals surface area contributed by atoms with Gasteiger partial charge in [-0.3, -0.25) is 9.59 Å². The number of rotatable bonds is 7. The quantitative estimate of drug-likeness (QED) is 0.787. The van der Waals surface area contributed by atoms with Gasteiger partial charge in [-0.05, 0) is 30.5 Å². The molecule has 120 valence electrons. The van der Waals surface area contributed by atoms with Crippen molar-refractivity contribution in [2.24, 2.45) is 5.92 Å². The summed E-state index contributed by atoms with van der Waals surface area (Å²) in [4.78, 5) is 26.0. The van der Waals surface area contributed by atoms with Crippen LogP contribution in [0.5, 0.6) is 0 Å². The molecule has 2 rings (SSSR count). The SMILES string of the molecule is CCCCCNC(=O)C1CC(=O)N(c2ccc(CC)cc2)C1. The van der Waals surface area contributed by atoms with Gasteiger partial charge in [-0.1, -0.05) is 38.8 Å². The third-order valence-electron chi connectivity index (χ3n) is 4.23. The first-order valence-electron chi connectivity index (χ1n) is 8.32. The highest BCUT2D eigenvalue weighted by Crippen LogP contribution is 2.25. The number of anilines is 1. The van der Waals surface area contributed by atoms with E-state index >= 15 is 0 Å². The number of nitrogens with one attached hydrogen (secondary N) is 1. The van der Waals surface area contributed by atoms with E-state index in [1.807, 2.05) is 24.3 Å². The molecule has 0 radical (unpaired) electrons. The summed E-state index contributed by atoms with van der Waals surface area (Å²) in [5.74, 6) is -0.171. The van der Waals surface area contributed by atoms with Crippen LogP contribution >= 0.6 is 0 Å². The lowest BCUT2D eigenvalue weighted by Gasteiger charge is -2.17. The Morgan fingerprint density at radius 2 is 1.95 bits per heavy atom. The molecule has 1 unspecified atom stereocenters. The van der Waals surface area contributed by atoms with Crippen LogP contribution in [0, 0.1) is 5.92 Å². The number of hydrogen-bond acceptors (Lipinski definition) is 2. The van der Waals surface area contributed by atoms with Gasteiger partial charge >= 0.3 is 0 Å². The largest absolute Gasteiger partial charge is 0.356 e. The third kappa shape index (κ3) is 4.09. The van der Waals surface area contributed by atoms with E-state index in [4.69, 9.17) is 0 Å². The van der Waals surface area contributed by atoms with Crippen LogP contribution < -0.4 is 10.2 Å². The lowest BCUT2D eigenvalue weighted by atomic mass is 10.1. The molecule has 2 amide bonds. The monoisotopic (exact) mass is 302 g/mol. The highest BCUT2D eigenvalue weighted by Gasteiger charge is 2.34. The first-order chi connectivity index (χ1) is 10.7. The zero-order chi connectivity index (χ0) is 15.9. The summed E-state index contributed by atoms with van der Waals surface area (Å²) in [5, 5.41) is 2.95. The summed E-state index contributed by atoms with van der Waals surface area (Å²) in [6, 6.07) is 8.03. The van der Waals surface area contributed by atoms with E-state index in [1.54, 1.807) is 4.90 Å². The number of nitrogens with zero attached hydrogens (tertiary/aromatic N) is 1. The molecule has 0 aliphatic carbocycles. The van der Waals surface area contributed by atoms with Gasteiger partial charge in [0.15, 0.2) is 0 Å². The predicted octanol–water partition coefficient (Wildman–Crippen LogP) is 2.91. The van der Waals surface area contributed by atoms with E-state index in [0.717, 1.165) is 31.4 Å². The second-order valence-corrected chi connectivity index (χ2v) is 5.92. The number of carbonyl (C=O) groups excluding carboxylic acids is 2. The van der Waals surface area contributed by atoms with Crippen LogP contribution in [0.2, 0.25) is 0 Å². The highest BCUT2D eigenvalue weighted by molar-refractivity contribution is 6.00. The number of aryl methyl sites for hydroxylation is 1. The van der Waals surface area contributed by atoms with Gasteiger partial charge in [0.05, 0.1) is 5.92 Å². The van der Waals surface area contributed by atoms with E-state index in [9.17, 15) is 9.59 Å². The van der Waals surface area contributed by atoms with E-state index < -0.39 is 0 Å². The average molecular weight is 302 g/mol. The molecule has 1 saturated heterocycles. The lowest BCUT2D eigenvalue weighted by molar-refractivity contribution is -0.126. The summed E-state index contributed by atoms with van der Waals surface area (Å²) in [6.45, 7) is 5.44. The summed E-state index contributed by atoms with van der Waals surface area (Å²) in [6.07, 6.45) is 4.57. The van der Waals surface area contributed by atoms with Gasteiger partial charge in [-0.25, -0.2) is 0 Å². The Balaban J connectivity index is 1.90. The van der Waals surface area contributed by atoms with Crippen molar-refractivity contribution in [1.29, 1.82) is 0 Å². The van der Waals surface area contributed by atoms with E-state index in [2.05, 4.69) is 19.2 Å². The van der Waals surface area contributed by atoms with Crippen LogP contribution in [-0.2, 0) is 16.0 Å². The molecule has 0 spiro atoms. The molecule has 1 fully saturated rings. The molecule has 4 heteroatoms. The molecule has 0 bridgehead atoms. The minimum atomic E-state index is -0.222. The van der Waals surface area contributed by atoms with Gasteiger partial charge in [-0.2, -0.15) is 0 Å². The lowest BCUT2D eigenvalue weighted by Crippen LogP contribution is -2.33. The van der Waals surface area contributed by atoms with Crippen molar-refractivity contribution in [3.8, 4) is 0 Å². The van der Waals surface area contributed by atoms with Crippen molar-refractivity contribution in [2.75, 3.05) is 18.0 Å². The van der Waals surface area contributed by atoms with Crippen LogP contribution in [0.1, 0.15) is 45.1 Å². The molecule has 1 aliphatic heterocycles. The van der Waals surface area contributed by atoms with Crippen molar-refractivity contribution in [1.82, 2.24) is 5.32 Å². The second kappa shape index (κ2) is 7.97. The van der Waals surface area contributed by atoms with Crippen LogP contribution in [0.25, 0.3) is 0 Å². The molecular formula is C18H26N2O2. The number of unbranched alkanes of at least 4 members (excludes halogenated alkanes) is 2. The normalized spacial score (nSPS) is 17.8. The maximum absolute atomic E-state index is 12.2. The predicted molar refractivity (Wildman–Crippen MR) is 88.8 cm³/mol. The maximum Gasteiger partial charge on any atom is 0.227 e. The van der Waals surface area contributed by atoms with Gasteiger partial charge in [0.1, 0.15) is 0 Å². The standard InChI is InChI=1S/C18H26N2O2/c1-3-5-6-11-19-18(22)15-12-17(21)20(13-15)16-9-7-14(4-2)8-10-16/h7-10,15H,3-6,11-13H2,1-2H3,(H,19,22). The molecule has 1 aromatic carbocycles. The fraction of sp³-hybridized carbons (Fsp3) is 0.556. The van der Waals surface area contributed by atoms with Gasteiger partial charge in [0.2, 0.25) is 11.8 Å². The van der Waals surface area contributed by atoms with Crippen molar-refractivity contribution in [3.05, 3.63) is 29.8 Å². The Kier molecular flexibility index (Phi) is 5.99. The Morgan fingerprint density at radius 3 is 2.59 bits per heavy atom. The summed E-state index contributed by atoms with van der Waals surface area (Å²) < 4.78 is 0. The smallest absolute Gasteiger partial charge is 0.227 e. The zero-order valence-corrected chi connectivity index (χ0v) is 13.6. The molecule has 4 nitrogen and oxygen atoms in total. The minimum absolute atomic E-state index is 0.0112. The summed E-state index contributed by atoms with van der Waals surface area (Å²) >= 11 is 0. The first kappa shape index (κ1) is 16.5. The molecule has 1 heterocycles. The van der Waals surface area contributed by atoms with Gasteiger partial charge in [0.25, 0.3) is 0 Å². The zero-order valence-electron chi connectivity index (χ0n) is 13.6. The average Bonchev–Trinajstić information content (AvgIpc) is 2.93. The Labute approximate surface area is 132 Å². The molecule has 1 atom stereocenters. The molecule has 1 N–H and O–H groups in total. The molecule has 22 heavy (non-hydrogen) atoms. The molecular weight excluding hydrogens is 276 g/mol. The van der Waals surface area contributed by atoms with E-state index in [0.29, 0.717) is 19.5 Å². The number of hydrogen-bond donors (Lipinski definition) is 1. The molecule has 0 aromatic heterocycles. The van der Waals surface area contributed by atoms with Crippen molar-refractivity contribution in [2.45, 2.75) is 46.0 Å². The number of benzene rings is 1. The topological polar surface area (TPSA) is 49.4 Å². The second-order valence-electron chi connectivity index (χ2n) is 5.92. The Morgan fingerprint density at radius 1 is 1.23 bits per heavy atom. The van der Waals surface area contributed by atoms with E-state index in [1.165, 1.54) is 5.56 Å². The fourth-order valence-electron chi connectivity index (χ4n) is 2.78. The number of amides is 2. The van der Waals surface area contributed by atoms with Crippen molar-refractivity contribution < 1.29 is 9.59 Å². The van der Waals surface area contributed by atoms with Crippen LogP contribution in [-0.4, -0.2) is 24.9 Å². The minimum Gasteiger partial charge on any atom is -0.356 e. The summed E-state index contributed by atoms with van der Waals surface area (Å²) in [7, 11) is 0. The maximum atomic E-state index is 12.2. The molecule has 1 aliphatic rings. The van der Waals surface area contributed by atoms with Gasteiger partial charge in [-0.15, -0.1) is 0 Å². The Bertz CT molecular complexity index is 510. The van der Waals surface area contributed by atoms with Gasteiger partial charge in [0, 0.05) is 25.2 Å². The third-order valence-corrected chi connectivity index (χ3v) is 4.23.